The predicted molar refractivity (Wildman–Crippen MR) is 162 cm³/mol. The Morgan fingerprint density at radius 3 is 2.37 bits per heavy atom. The topological polar surface area (TPSA) is 115 Å². The fourth-order valence-corrected chi connectivity index (χ4v) is 3.97. The fourth-order valence-electron chi connectivity index (χ4n) is 2.92. The maximum absolute atomic E-state index is 13.3. The van der Waals surface area contributed by atoms with Crippen molar-refractivity contribution >= 4 is 35.2 Å². The number of carbonyl (C=O) groups is 2. The number of nitrogens with one attached hydrogen (secondary N) is 1. The SMILES string of the molecule is CC.CCC(=O)c1c(O)cc(CCC/C=C/NC)oc1=O.COC=O.Cc1ccc(Oc2cc(Cl)c(C)s2)cc1F. The third-order valence-electron chi connectivity index (χ3n) is 4.95. The van der Waals surface area contributed by atoms with Gasteiger partial charge in [-0.25, -0.2) is 9.18 Å². The Labute approximate surface area is 249 Å². The number of rotatable bonds is 10. The number of ether oxygens (including phenoxy) is 2. The zero-order valence-electron chi connectivity index (χ0n) is 24.5. The van der Waals surface area contributed by atoms with E-state index in [9.17, 15) is 19.1 Å². The van der Waals surface area contributed by atoms with Gasteiger partial charge in [0.25, 0.3) is 6.47 Å². The van der Waals surface area contributed by atoms with Crippen LogP contribution in [0.3, 0.4) is 0 Å². The van der Waals surface area contributed by atoms with Gasteiger partial charge in [0, 0.05) is 43.0 Å². The molecule has 2 N–H and O–H groups in total. The zero-order valence-corrected chi connectivity index (χ0v) is 26.1. The minimum absolute atomic E-state index is 0.159. The lowest BCUT2D eigenvalue weighted by atomic mass is 10.1. The molecule has 0 bridgehead atoms. The van der Waals surface area contributed by atoms with E-state index in [4.69, 9.17) is 25.5 Å². The molecule has 0 aliphatic rings. The smallest absolute Gasteiger partial charge is 0.350 e. The number of thiophene rings is 1. The van der Waals surface area contributed by atoms with Crippen LogP contribution in [-0.2, 0) is 16.0 Å². The number of allylic oxidation sites excluding steroid dienone is 1. The van der Waals surface area contributed by atoms with Gasteiger partial charge in [0.2, 0.25) is 0 Å². The van der Waals surface area contributed by atoms with Crippen molar-refractivity contribution in [1.82, 2.24) is 5.32 Å². The largest absolute Gasteiger partial charge is 0.507 e. The number of carbonyl (C=O) groups excluding carboxylic acids is 2. The van der Waals surface area contributed by atoms with E-state index in [0.717, 1.165) is 17.7 Å². The molecule has 41 heavy (non-hydrogen) atoms. The summed E-state index contributed by atoms with van der Waals surface area (Å²) in [6, 6.07) is 7.89. The lowest BCUT2D eigenvalue weighted by molar-refractivity contribution is -0.126. The van der Waals surface area contributed by atoms with Crippen LogP contribution in [0.25, 0.3) is 0 Å². The van der Waals surface area contributed by atoms with Gasteiger partial charge in [-0.05, 0) is 44.5 Å². The van der Waals surface area contributed by atoms with Gasteiger partial charge < -0.3 is 24.3 Å². The van der Waals surface area contributed by atoms with E-state index >= 15 is 0 Å². The molecule has 0 aliphatic carbocycles. The highest BCUT2D eigenvalue weighted by molar-refractivity contribution is 7.14. The summed E-state index contributed by atoms with van der Waals surface area (Å²) in [6.07, 6.45) is 6.12. The zero-order chi connectivity index (χ0) is 31.4. The van der Waals surface area contributed by atoms with Crippen LogP contribution in [0.1, 0.15) is 66.6 Å². The van der Waals surface area contributed by atoms with Crippen LogP contribution in [0.15, 0.2) is 51.8 Å². The highest BCUT2D eigenvalue weighted by Crippen LogP contribution is 2.35. The molecule has 3 aromatic rings. The van der Waals surface area contributed by atoms with Gasteiger partial charge in [-0.3, -0.25) is 9.59 Å². The maximum Gasteiger partial charge on any atom is 0.350 e. The summed E-state index contributed by atoms with van der Waals surface area (Å²) in [5, 5.41) is 13.9. The van der Waals surface area contributed by atoms with Gasteiger partial charge in [0.1, 0.15) is 28.6 Å². The quantitative estimate of drug-likeness (QED) is 0.136. The highest BCUT2D eigenvalue weighted by Gasteiger charge is 2.17. The van der Waals surface area contributed by atoms with Crippen molar-refractivity contribution in [2.24, 2.45) is 0 Å². The van der Waals surface area contributed by atoms with Crippen molar-refractivity contribution in [2.75, 3.05) is 14.2 Å². The van der Waals surface area contributed by atoms with Crippen molar-refractivity contribution in [2.45, 2.75) is 60.3 Å². The summed E-state index contributed by atoms with van der Waals surface area (Å²) in [5.41, 5.74) is -0.401. The molecule has 0 aliphatic heterocycles. The van der Waals surface area contributed by atoms with Crippen LogP contribution in [0.5, 0.6) is 16.6 Å². The number of unbranched alkanes of at least 4 members (excludes halogenated alkanes) is 1. The van der Waals surface area contributed by atoms with Gasteiger partial charge >= 0.3 is 5.63 Å². The van der Waals surface area contributed by atoms with E-state index in [1.165, 1.54) is 30.6 Å². The first-order valence-electron chi connectivity index (χ1n) is 13.0. The van der Waals surface area contributed by atoms with Gasteiger partial charge in [-0.2, -0.15) is 0 Å². The Bertz CT molecular complexity index is 1280. The summed E-state index contributed by atoms with van der Waals surface area (Å²) in [6.45, 7) is 9.63. The minimum atomic E-state index is -0.757. The Kier molecular flexibility index (Phi) is 19.3. The first-order chi connectivity index (χ1) is 19.6. The molecule has 0 radical (unpaired) electrons. The normalized spacial score (nSPS) is 9.78. The molecule has 3 rings (SSSR count). The van der Waals surface area contributed by atoms with Gasteiger partial charge in [0.05, 0.1) is 12.1 Å². The molecular weight excluding hydrogens is 573 g/mol. The average molecular weight is 612 g/mol. The molecule has 0 spiro atoms. The van der Waals surface area contributed by atoms with E-state index in [1.54, 1.807) is 32.0 Å². The number of ketones is 1. The second-order valence-corrected chi connectivity index (χ2v) is 9.56. The third-order valence-corrected chi connectivity index (χ3v) is 6.39. The lowest BCUT2D eigenvalue weighted by Gasteiger charge is -2.03. The van der Waals surface area contributed by atoms with E-state index in [1.807, 2.05) is 40.1 Å². The van der Waals surface area contributed by atoms with Crippen LogP contribution in [0.4, 0.5) is 4.39 Å². The molecule has 0 unspecified atom stereocenters. The predicted octanol–water partition coefficient (Wildman–Crippen LogP) is 7.76. The lowest BCUT2D eigenvalue weighted by Crippen LogP contribution is -2.14. The molecule has 2 aromatic heterocycles. The van der Waals surface area contributed by atoms with Crippen LogP contribution in [-0.4, -0.2) is 31.5 Å². The van der Waals surface area contributed by atoms with Gasteiger partial charge in [-0.15, -0.1) is 11.3 Å². The molecule has 0 amide bonds. The molecule has 2 heterocycles. The Morgan fingerprint density at radius 2 is 1.88 bits per heavy atom. The molecule has 8 nitrogen and oxygen atoms in total. The van der Waals surface area contributed by atoms with Crippen LogP contribution in [0, 0.1) is 19.7 Å². The summed E-state index contributed by atoms with van der Waals surface area (Å²) in [4.78, 5) is 33.0. The Morgan fingerprint density at radius 1 is 1.22 bits per heavy atom. The number of benzene rings is 1. The third kappa shape index (κ3) is 14.0. The van der Waals surface area contributed by atoms with E-state index < -0.39 is 11.4 Å². The number of aromatic hydroxyl groups is 1. The molecule has 0 saturated heterocycles. The standard InChI is InChI=1S/C14H19NO4.C12H10ClFOS.C2H4O2.C2H6/c1-3-11(16)13-12(17)9-10(19-14(13)18)7-5-4-6-8-15-2;1-7-3-4-9(5-11(7)14)15-12-6-10(13)8(2)16-12;1-4-2-3;1-2/h6,8-9,15,17H,3-5,7H2,1-2H3;3-6H,1-2H3;2H,1H3;1-2H3/b8-6+;;;. The van der Waals surface area contributed by atoms with Gasteiger partial charge in [0.15, 0.2) is 10.8 Å². The molecule has 1 aromatic carbocycles. The van der Waals surface area contributed by atoms with E-state index in [-0.39, 0.29) is 23.6 Å². The first-order valence-corrected chi connectivity index (χ1v) is 14.1. The number of hydrogen-bond acceptors (Lipinski definition) is 9. The molecule has 0 saturated carbocycles. The highest BCUT2D eigenvalue weighted by atomic mass is 35.5. The van der Waals surface area contributed by atoms with Crippen LogP contribution in [0.2, 0.25) is 5.02 Å². The monoisotopic (exact) mass is 611 g/mol. The van der Waals surface area contributed by atoms with Crippen molar-refractivity contribution in [3.05, 3.63) is 85.6 Å². The molecule has 226 valence electrons. The summed E-state index contributed by atoms with van der Waals surface area (Å²) in [5.74, 6) is -0.0791. The molecule has 11 heteroatoms. The summed E-state index contributed by atoms with van der Waals surface area (Å²) < 4.78 is 27.7. The van der Waals surface area contributed by atoms with E-state index in [2.05, 4.69) is 10.1 Å². The van der Waals surface area contributed by atoms with Crippen LogP contribution < -0.4 is 15.7 Å². The second kappa shape index (κ2) is 21.2. The number of aryl methyl sites for hydroxylation is 3. The average Bonchev–Trinajstić information content (AvgIpc) is 3.27. The number of hydrogen-bond donors (Lipinski definition) is 2. The van der Waals surface area contributed by atoms with E-state index in [0.29, 0.717) is 40.1 Å². The fraction of sp³-hybridized carbons (Fsp3) is 0.367. The Hall–Kier alpha value is -3.63. The van der Waals surface area contributed by atoms with Gasteiger partial charge in [-0.1, -0.05) is 44.5 Å². The molecule has 0 fully saturated rings. The van der Waals surface area contributed by atoms with Crippen LogP contribution >= 0.6 is 22.9 Å². The summed E-state index contributed by atoms with van der Waals surface area (Å²) in [7, 11) is 3.13. The summed E-state index contributed by atoms with van der Waals surface area (Å²) >= 11 is 7.35. The minimum Gasteiger partial charge on any atom is -0.507 e. The Balaban J connectivity index is 0.000000660. The maximum atomic E-state index is 13.3. The number of methoxy groups -OCH3 is 1. The molecular formula is C30H39ClFNO7S. The molecule has 0 atom stereocenters. The second-order valence-electron chi connectivity index (χ2n) is 7.93. The number of halogens is 2. The first kappa shape index (κ1) is 37.4. The van der Waals surface area contributed by atoms with Crippen molar-refractivity contribution in [3.63, 3.8) is 0 Å². The number of Topliss-reactive ketones (excluding diaryl/α,β-unsaturated/α-hetero) is 1. The van der Waals surface area contributed by atoms with Crippen molar-refractivity contribution in [3.8, 4) is 16.6 Å². The van der Waals surface area contributed by atoms with Crippen molar-refractivity contribution < 1.29 is 33.0 Å². The van der Waals surface area contributed by atoms with Crippen molar-refractivity contribution in [1.29, 1.82) is 0 Å².